The lowest BCUT2D eigenvalue weighted by Gasteiger charge is -2.25. The first kappa shape index (κ1) is 20.8. The second-order valence-electron chi connectivity index (χ2n) is 8.37. The molecule has 1 fully saturated rings. The molecule has 0 unspecified atom stereocenters. The molecule has 0 amide bonds. The first-order valence-electron chi connectivity index (χ1n) is 11.1. The van der Waals surface area contributed by atoms with Gasteiger partial charge in [-0.3, -0.25) is 19.3 Å². The van der Waals surface area contributed by atoms with Crippen LogP contribution >= 0.6 is 11.8 Å². The fraction of sp³-hybridized carbons (Fsp3) is 0.320. The van der Waals surface area contributed by atoms with E-state index in [-0.39, 0.29) is 22.7 Å². The van der Waals surface area contributed by atoms with Gasteiger partial charge >= 0.3 is 5.69 Å². The van der Waals surface area contributed by atoms with Gasteiger partial charge in [0.1, 0.15) is 5.56 Å². The number of benzene rings is 2. The number of hydrogen-bond acceptors (Lipinski definition) is 5. The number of para-hydroxylation sites is 1. The predicted molar refractivity (Wildman–Crippen MR) is 127 cm³/mol. The molecule has 1 atom stereocenters. The number of H-pyrrole nitrogens is 1. The third-order valence-corrected chi connectivity index (χ3v) is 7.61. The summed E-state index contributed by atoms with van der Waals surface area (Å²) in [6.07, 6.45) is 5.23. The molecule has 5 rings (SSSR count). The summed E-state index contributed by atoms with van der Waals surface area (Å²) in [6.45, 7) is 0. The van der Waals surface area contributed by atoms with Crippen molar-refractivity contribution in [1.82, 2.24) is 9.55 Å². The molecule has 2 heterocycles. The molecule has 7 heteroatoms. The summed E-state index contributed by atoms with van der Waals surface area (Å²) in [5.74, 6) is -0.263. The molecule has 1 aliphatic carbocycles. The molecule has 3 aromatic rings. The minimum atomic E-state index is -0.588. The first-order chi connectivity index (χ1) is 15.6. The highest BCUT2D eigenvalue weighted by molar-refractivity contribution is 7.99. The van der Waals surface area contributed by atoms with Crippen molar-refractivity contribution in [3.05, 3.63) is 86.6 Å². The number of hydrogen-bond donors (Lipinski definition) is 2. The van der Waals surface area contributed by atoms with Gasteiger partial charge in [0.2, 0.25) is 5.88 Å². The number of fused-ring (bicyclic) bond motifs is 1. The first-order valence-corrected chi connectivity index (χ1v) is 12.0. The second-order valence-corrected chi connectivity index (χ2v) is 9.61. The minimum absolute atomic E-state index is 0.0208. The van der Waals surface area contributed by atoms with Gasteiger partial charge in [-0.15, -0.1) is 11.8 Å². The molecule has 0 saturated heterocycles. The van der Waals surface area contributed by atoms with Gasteiger partial charge in [-0.05, 0) is 30.5 Å². The highest BCUT2D eigenvalue weighted by atomic mass is 32.2. The van der Waals surface area contributed by atoms with E-state index in [0.29, 0.717) is 12.1 Å². The van der Waals surface area contributed by atoms with E-state index in [1.807, 2.05) is 42.5 Å². The standard InChI is InChI=1S/C25H25N3O3S/c29-23-22(24(30)28(25(31)27-23)17-11-5-2-6-12-17)19-15-21(16-9-3-1-4-10-16)32-20-14-8-7-13-18(20)26-19/h1,3-4,7-10,13-14,17,21,30H,2,5-6,11-12,15H2,(H,27,29,31)/t21-/m0/s1. The van der Waals surface area contributed by atoms with E-state index in [9.17, 15) is 14.7 Å². The molecule has 0 spiro atoms. The van der Waals surface area contributed by atoms with Gasteiger partial charge in [0, 0.05) is 22.6 Å². The minimum Gasteiger partial charge on any atom is -0.494 e. The number of aromatic nitrogens is 2. The van der Waals surface area contributed by atoms with Crippen LogP contribution in [0.4, 0.5) is 5.69 Å². The van der Waals surface area contributed by atoms with Crippen LogP contribution in [0.3, 0.4) is 0 Å². The molecule has 6 nitrogen and oxygen atoms in total. The van der Waals surface area contributed by atoms with Crippen LogP contribution in [0.5, 0.6) is 5.88 Å². The van der Waals surface area contributed by atoms with Crippen LogP contribution in [0.25, 0.3) is 0 Å². The Balaban J connectivity index is 1.66. The van der Waals surface area contributed by atoms with Crippen molar-refractivity contribution in [2.24, 2.45) is 4.99 Å². The molecular formula is C25H25N3O3S. The molecule has 164 valence electrons. The van der Waals surface area contributed by atoms with Crippen LogP contribution in [-0.2, 0) is 0 Å². The van der Waals surface area contributed by atoms with Gasteiger partial charge in [0.05, 0.1) is 11.4 Å². The zero-order chi connectivity index (χ0) is 22.1. The van der Waals surface area contributed by atoms with E-state index < -0.39 is 11.2 Å². The van der Waals surface area contributed by atoms with E-state index in [1.54, 1.807) is 11.8 Å². The topological polar surface area (TPSA) is 87.5 Å². The van der Waals surface area contributed by atoms with Crippen molar-refractivity contribution in [2.75, 3.05) is 0 Å². The monoisotopic (exact) mass is 447 g/mol. The van der Waals surface area contributed by atoms with Crippen molar-refractivity contribution < 1.29 is 5.11 Å². The fourth-order valence-corrected chi connectivity index (χ4v) is 5.93. The number of thioether (sulfide) groups is 1. The van der Waals surface area contributed by atoms with Crippen molar-refractivity contribution in [3.8, 4) is 5.88 Å². The Morgan fingerprint density at radius 2 is 1.69 bits per heavy atom. The summed E-state index contributed by atoms with van der Waals surface area (Å²) in [6, 6.07) is 17.8. The maximum Gasteiger partial charge on any atom is 0.331 e. The van der Waals surface area contributed by atoms with E-state index in [4.69, 9.17) is 4.99 Å². The maximum atomic E-state index is 12.9. The van der Waals surface area contributed by atoms with Crippen molar-refractivity contribution in [3.63, 3.8) is 0 Å². The van der Waals surface area contributed by atoms with Gasteiger partial charge in [0.15, 0.2) is 0 Å². The number of aliphatic imine (C=N–C) groups is 1. The number of rotatable bonds is 3. The number of aromatic amines is 1. The summed E-state index contributed by atoms with van der Waals surface area (Å²) in [7, 11) is 0. The van der Waals surface area contributed by atoms with E-state index in [0.717, 1.165) is 48.3 Å². The lowest BCUT2D eigenvalue weighted by atomic mass is 9.95. The smallest absolute Gasteiger partial charge is 0.331 e. The molecule has 2 aliphatic rings. The summed E-state index contributed by atoms with van der Waals surface area (Å²) in [4.78, 5) is 33.9. The lowest BCUT2D eigenvalue weighted by Crippen LogP contribution is -2.36. The molecule has 1 aliphatic heterocycles. The molecule has 0 bridgehead atoms. The maximum absolute atomic E-state index is 12.9. The fourth-order valence-electron chi connectivity index (χ4n) is 4.70. The van der Waals surface area contributed by atoms with E-state index >= 15 is 0 Å². The van der Waals surface area contributed by atoms with Crippen LogP contribution in [0, 0.1) is 0 Å². The van der Waals surface area contributed by atoms with Gasteiger partial charge < -0.3 is 5.11 Å². The van der Waals surface area contributed by atoms with Crippen LogP contribution in [0.15, 0.2) is 74.1 Å². The van der Waals surface area contributed by atoms with Crippen LogP contribution in [0.2, 0.25) is 0 Å². The molecular weight excluding hydrogens is 422 g/mol. The summed E-state index contributed by atoms with van der Waals surface area (Å²) in [5, 5.41) is 11.2. The molecule has 1 saturated carbocycles. The van der Waals surface area contributed by atoms with Crippen LogP contribution in [0.1, 0.15) is 60.9 Å². The predicted octanol–water partition coefficient (Wildman–Crippen LogP) is 5.11. The van der Waals surface area contributed by atoms with Crippen molar-refractivity contribution in [2.45, 2.75) is 54.7 Å². The quantitative estimate of drug-likeness (QED) is 0.584. The molecule has 32 heavy (non-hydrogen) atoms. The van der Waals surface area contributed by atoms with Gasteiger partial charge in [-0.1, -0.05) is 61.7 Å². The molecule has 1 aromatic heterocycles. The Morgan fingerprint density at radius 1 is 0.969 bits per heavy atom. The summed E-state index contributed by atoms with van der Waals surface area (Å²) >= 11 is 1.70. The normalized spacial score (nSPS) is 19.1. The Hall–Kier alpha value is -3.06. The highest BCUT2D eigenvalue weighted by Crippen LogP contribution is 2.45. The second kappa shape index (κ2) is 8.82. The SMILES string of the molecule is O=c1[nH]c(=O)n(C2CCCCC2)c(O)c1C1=Nc2ccccc2S[C@H](c2ccccc2)C1. The average Bonchev–Trinajstić information content (AvgIpc) is 3.00. The number of nitrogens with one attached hydrogen (secondary N) is 1. The van der Waals surface area contributed by atoms with Crippen molar-refractivity contribution in [1.29, 1.82) is 0 Å². The Bertz CT molecular complexity index is 1270. The molecule has 2 N–H and O–H groups in total. The Labute approximate surface area is 190 Å². The molecule has 2 aromatic carbocycles. The van der Waals surface area contributed by atoms with Gasteiger partial charge in [-0.25, -0.2) is 4.79 Å². The Morgan fingerprint density at radius 3 is 2.47 bits per heavy atom. The number of aromatic hydroxyl groups is 1. The average molecular weight is 448 g/mol. The van der Waals surface area contributed by atoms with E-state index in [2.05, 4.69) is 17.1 Å². The van der Waals surface area contributed by atoms with Crippen molar-refractivity contribution >= 4 is 23.2 Å². The summed E-state index contributed by atoms with van der Waals surface area (Å²) in [5.41, 5.74) is 1.35. The van der Waals surface area contributed by atoms with Crippen LogP contribution < -0.4 is 11.2 Å². The third-order valence-electron chi connectivity index (χ3n) is 6.29. The zero-order valence-electron chi connectivity index (χ0n) is 17.7. The summed E-state index contributed by atoms with van der Waals surface area (Å²) < 4.78 is 1.37. The lowest BCUT2D eigenvalue weighted by molar-refractivity contribution is 0.298. The van der Waals surface area contributed by atoms with E-state index in [1.165, 1.54) is 4.57 Å². The van der Waals surface area contributed by atoms with Gasteiger partial charge in [0.25, 0.3) is 5.56 Å². The highest BCUT2D eigenvalue weighted by Gasteiger charge is 2.29. The van der Waals surface area contributed by atoms with Crippen LogP contribution in [-0.4, -0.2) is 20.4 Å². The number of nitrogens with zero attached hydrogens (tertiary/aromatic N) is 2. The molecule has 0 radical (unpaired) electrons. The zero-order valence-corrected chi connectivity index (χ0v) is 18.5. The third kappa shape index (κ3) is 3.93. The largest absolute Gasteiger partial charge is 0.494 e. The van der Waals surface area contributed by atoms with Gasteiger partial charge in [-0.2, -0.15) is 0 Å². The Kier molecular flexibility index (Phi) is 5.74.